The Balaban J connectivity index is 2.71. The predicted molar refractivity (Wildman–Crippen MR) is 78.5 cm³/mol. The lowest BCUT2D eigenvalue weighted by Gasteiger charge is -2.18. The monoisotopic (exact) mass is 264 g/mol. The molecule has 1 rings (SSSR count). The van der Waals surface area contributed by atoms with Gasteiger partial charge in [-0.25, -0.2) is 4.79 Å². The van der Waals surface area contributed by atoms with Crippen LogP contribution in [0.2, 0.25) is 0 Å². The fraction of sp³-hybridized carbons (Fsp3) is 0.533. The topological polar surface area (TPSA) is 61.4 Å². The van der Waals surface area contributed by atoms with Crippen LogP contribution in [-0.2, 0) is 6.42 Å². The first-order valence-electron chi connectivity index (χ1n) is 6.89. The quantitative estimate of drug-likeness (QED) is 0.740. The van der Waals surface area contributed by atoms with Crippen LogP contribution < -0.4 is 10.6 Å². The zero-order valence-corrected chi connectivity index (χ0v) is 12.0. The molecule has 1 atom stereocenters. The van der Waals surface area contributed by atoms with E-state index in [1.807, 2.05) is 32.0 Å². The molecule has 3 N–H and O–H groups in total. The summed E-state index contributed by atoms with van der Waals surface area (Å²) in [6.45, 7) is 6.13. The number of urea groups is 1. The summed E-state index contributed by atoms with van der Waals surface area (Å²) in [7, 11) is 0. The van der Waals surface area contributed by atoms with Crippen LogP contribution in [0.15, 0.2) is 18.2 Å². The van der Waals surface area contributed by atoms with Crippen LogP contribution in [0.5, 0.6) is 0 Å². The van der Waals surface area contributed by atoms with Crippen LogP contribution >= 0.6 is 0 Å². The summed E-state index contributed by atoms with van der Waals surface area (Å²) >= 11 is 0. The number of rotatable bonds is 6. The zero-order valence-electron chi connectivity index (χ0n) is 12.0. The third-order valence-corrected chi connectivity index (χ3v) is 3.28. The smallest absolute Gasteiger partial charge is 0.319 e. The van der Waals surface area contributed by atoms with E-state index in [0.29, 0.717) is 6.42 Å². The average molecular weight is 264 g/mol. The maximum absolute atomic E-state index is 12.0. The number of para-hydroxylation sites is 1. The summed E-state index contributed by atoms with van der Waals surface area (Å²) in [5.74, 6) is 0. The Hall–Kier alpha value is -1.55. The number of aliphatic hydroxyl groups is 1. The van der Waals surface area contributed by atoms with Gasteiger partial charge in [0.05, 0.1) is 0 Å². The van der Waals surface area contributed by atoms with Crippen molar-refractivity contribution in [1.82, 2.24) is 5.32 Å². The minimum Gasteiger partial charge on any atom is -0.396 e. The van der Waals surface area contributed by atoms with Crippen LogP contribution in [0.25, 0.3) is 0 Å². The summed E-state index contributed by atoms with van der Waals surface area (Å²) in [5, 5.41) is 14.7. The van der Waals surface area contributed by atoms with E-state index in [9.17, 15) is 4.79 Å². The molecule has 19 heavy (non-hydrogen) atoms. The largest absolute Gasteiger partial charge is 0.396 e. The first-order valence-corrected chi connectivity index (χ1v) is 6.89. The Labute approximate surface area is 115 Å². The Kier molecular flexibility index (Phi) is 6.36. The molecule has 0 heterocycles. The van der Waals surface area contributed by atoms with Crippen LogP contribution in [0.4, 0.5) is 10.5 Å². The normalized spacial score (nSPS) is 12.0. The second kappa shape index (κ2) is 7.79. The van der Waals surface area contributed by atoms with Gasteiger partial charge in [-0.1, -0.05) is 32.0 Å². The second-order valence-electron chi connectivity index (χ2n) is 4.68. The first kappa shape index (κ1) is 15.5. The van der Waals surface area contributed by atoms with Gasteiger partial charge in [-0.2, -0.15) is 0 Å². The van der Waals surface area contributed by atoms with E-state index in [1.165, 1.54) is 0 Å². The summed E-state index contributed by atoms with van der Waals surface area (Å²) < 4.78 is 0. The van der Waals surface area contributed by atoms with Gasteiger partial charge >= 0.3 is 6.03 Å². The number of hydrogen-bond donors (Lipinski definition) is 3. The van der Waals surface area contributed by atoms with Crippen molar-refractivity contribution < 1.29 is 9.90 Å². The molecule has 4 heteroatoms. The molecule has 0 saturated carbocycles. The van der Waals surface area contributed by atoms with Gasteiger partial charge in [0.15, 0.2) is 0 Å². The minimum absolute atomic E-state index is 0.0131. The lowest BCUT2D eigenvalue weighted by Crippen LogP contribution is -2.38. The summed E-state index contributed by atoms with van der Waals surface area (Å²) in [4.78, 5) is 12.0. The molecule has 4 nitrogen and oxygen atoms in total. The molecule has 0 fully saturated rings. The molecular weight excluding hydrogens is 240 g/mol. The van der Waals surface area contributed by atoms with Crippen molar-refractivity contribution in [2.24, 2.45) is 0 Å². The Morgan fingerprint density at radius 2 is 2.11 bits per heavy atom. The molecule has 0 aliphatic carbocycles. The van der Waals surface area contributed by atoms with Gasteiger partial charge in [0.2, 0.25) is 0 Å². The van der Waals surface area contributed by atoms with E-state index in [4.69, 9.17) is 5.11 Å². The van der Waals surface area contributed by atoms with Crippen LogP contribution in [-0.4, -0.2) is 23.8 Å². The molecule has 106 valence electrons. The Morgan fingerprint density at radius 3 is 2.68 bits per heavy atom. The lowest BCUT2D eigenvalue weighted by atomic mass is 10.1. The Morgan fingerprint density at radius 1 is 1.37 bits per heavy atom. The second-order valence-corrected chi connectivity index (χ2v) is 4.68. The Bertz CT molecular complexity index is 419. The van der Waals surface area contributed by atoms with E-state index in [1.54, 1.807) is 0 Å². The highest BCUT2D eigenvalue weighted by atomic mass is 16.3. The van der Waals surface area contributed by atoms with Gasteiger partial charge in [-0.15, -0.1) is 0 Å². The predicted octanol–water partition coefficient (Wildman–Crippen LogP) is 2.84. The average Bonchev–Trinajstić information content (AvgIpc) is 2.40. The summed E-state index contributed by atoms with van der Waals surface area (Å²) in [5.41, 5.74) is 3.08. The molecule has 0 bridgehead atoms. The van der Waals surface area contributed by atoms with E-state index in [2.05, 4.69) is 17.6 Å². The highest BCUT2D eigenvalue weighted by molar-refractivity contribution is 5.91. The molecule has 1 aromatic carbocycles. The van der Waals surface area contributed by atoms with Crippen molar-refractivity contribution in [2.75, 3.05) is 11.9 Å². The first-order chi connectivity index (χ1) is 9.12. The van der Waals surface area contributed by atoms with E-state index in [-0.39, 0.29) is 18.7 Å². The molecule has 0 spiro atoms. The number of amides is 2. The van der Waals surface area contributed by atoms with Gasteiger partial charge in [0.25, 0.3) is 0 Å². The number of anilines is 1. The van der Waals surface area contributed by atoms with Crippen LogP contribution in [0.1, 0.15) is 37.8 Å². The van der Waals surface area contributed by atoms with E-state index < -0.39 is 0 Å². The number of aryl methyl sites for hydroxylation is 2. The number of carbonyl (C=O) groups excluding carboxylic acids is 1. The van der Waals surface area contributed by atoms with Gasteiger partial charge in [0, 0.05) is 18.3 Å². The third kappa shape index (κ3) is 4.56. The molecule has 0 radical (unpaired) electrons. The van der Waals surface area contributed by atoms with Crippen molar-refractivity contribution in [3.05, 3.63) is 29.3 Å². The van der Waals surface area contributed by atoms with Gasteiger partial charge in [-0.05, 0) is 37.3 Å². The van der Waals surface area contributed by atoms with Crippen LogP contribution in [0.3, 0.4) is 0 Å². The highest BCUT2D eigenvalue weighted by Crippen LogP contribution is 2.20. The standard InChI is InChI=1S/C15H24N2O2/c1-4-12-8-6-7-11(3)14(12)17-15(19)16-13(5-2)9-10-18/h6-8,13,18H,4-5,9-10H2,1-3H3,(H2,16,17,19). The highest BCUT2D eigenvalue weighted by Gasteiger charge is 2.12. The molecule has 0 aromatic heterocycles. The van der Waals surface area contributed by atoms with Crippen molar-refractivity contribution in [3.63, 3.8) is 0 Å². The summed E-state index contributed by atoms with van der Waals surface area (Å²) in [6, 6.07) is 5.81. The zero-order chi connectivity index (χ0) is 14.3. The number of carbonyl (C=O) groups is 1. The fourth-order valence-corrected chi connectivity index (χ4v) is 2.07. The van der Waals surface area contributed by atoms with E-state index >= 15 is 0 Å². The maximum atomic E-state index is 12.0. The number of nitrogens with one attached hydrogen (secondary N) is 2. The maximum Gasteiger partial charge on any atom is 0.319 e. The summed E-state index contributed by atoms with van der Waals surface area (Å²) in [6.07, 6.45) is 2.27. The minimum atomic E-state index is -0.204. The van der Waals surface area contributed by atoms with E-state index in [0.717, 1.165) is 29.7 Å². The van der Waals surface area contributed by atoms with Gasteiger partial charge in [-0.3, -0.25) is 0 Å². The van der Waals surface area contributed by atoms with Crippen molar-refractivity contribution in [1.29, 1.82) is 0 Å². The number of hydrogen-bond acceptors (Lipinski definition) is 2. The number of aliphatic hydroxyl groups excluding tert-OH is 1. The fourth-order valence-electron chi connectivity index (χ4n) is 2.07. The van der Waals surface area contributed by atoms with Crippen LogP contribution in [0, 0.1) is 6.92 Å². The van der Waals surface area contributed by atoms with Crippen molar-refractivity contribution in [2.45, 2.75) is 46.1 Å². The van der Waals surface area contributed by atoms with Crippen molar-refractivity contribution >= 4 is 11.7 Å². The number of benzene rings is 1. The molecule has 0 saturated heterocycles. The molecular formula is C15H24N2O2. The van der Waals surface area contributed by atoms with Gasteiger partial charge < -0.3 is 15.7 Å². The third-order valence-electron chi connectivity index (χ3n) is 3.28. The molecule has 0 aliphatic rings. The lowest BCUT2D eigenvalue weighted by molar-refractivity contribution is 0.237. The van der Waals surface area contributed by atoms with Gasteiger partial charge in [0.1, 0.15) is 0 Å². The molecule has 1 unspecified atom stereocenters. The molecule has 2 amide bonds. The van der Waals surface area contributed by atoms with Crippen molar-refractivity contribution in [3.8, 4) is 0 Å². The molecule has 0 aliphatic heterocycles. The SMILES string of the molecule is CCc1cccc(C)c1NC(=O)NC(CC)CCO. The molecule has 1 aromatic rings.